The van der Waals surface area contributed by atoms with Gasteiger partial charge in [-0.05, 0) is 40.3 Å². The molecule has 0 unspecified atom stereocenters. The van der Waals surface area contributed by atoms with Crippen LogP contribution in [0.2, 0.25) is 0 Å². The highest BCUT2D eigenvalue weighted by Gasteiger charge is 2.20. The molecule has 1 amide bonds. The molecular weight excluding hydrogens is 228 g/mol. The number of rotatable bonds is 6. The highest BCUT2D eigenvalue weighted by Crippen LogP contribution is 2.01. The van der Waals surface area contributed by atoms with Gasteiger partial charge < -0.3 is 20.9 Å². The number of carbonyl (C=O) groups excluding carboxylic acids is 1. The molecule has 106 valence electrons. The van der Waals surface area contributed by atoms with Crippen molar-refractivity contribution < 1.29 is 4.79 Å². The smallest absolute Gasteiger partial charge is 0.239 e. The first-order valence-corrected chi connectivity index (χ1v) is 6.87. The summed E-state index contributed by atoms with van der Waals surface area (Å²) in [6, 6.07) is 0. The normalized spacial score (nSPS) is 18.9. The Balaban J connectivity index is 2.01. The van der Waals surface area contributed by atoms with Crippen molar-refractivity contribution in [1.29, 1.82) is 0 Å². The predicted molar refractivity (Wildman–Crippen MR) is 74.4 cm³/mol. The Morgan fingerprint density at radius 3 is 2.39 bits per heavy atom. The van der Waals surface area contributed by atoms with Crippen LogP contribution in [0, 0.1) is 0 Å². The molecule has 0 aromatic heterocycles. The average Bonchev–Trinajstić information content (AvgIpc) is 2.29. The number of carbonyl (C=O) groups is 1. The quantitative estimate of drug-likeness (QED) is 0.650. The Morgan fingerprint density at radius 2 is 1.83 bits per heavy atom. The third kappa shape index (κ3) is 5.80. The first kappa shape index (κ1) is 15.4. The third-order valence-electron chi connectivity index (χ3n) is 3.37. The zero-order chi connectivity index (χ0) is 13.6. The first-order chi connectivity index (χ1) is 8.39. The van der Waals surface area contributed by atoms with E-state index in [9.17, 15) is 4.79 Å². The zero-order valence-corrected chi connectivity index (χ0v) is 12.0. The Bertz CT molecular complexity index is 254. The average molecular weight is 256 g/mol. The van der Waals surface area contributed by atoms with Crippen molar-refractivity contribution >= 4 is 5.91 Å². The molecule has 0 radical (unpaired) electrons. The summed E-state index contributed by atoms with van der Waals surface area (Å²) in [4.78, 5) is 16.4. The lowest BCUT2D eigenvalue weighted by Crippen LogP contribution is -2.49. The number of amides is 1. The molecule has 5 heteroatoms. The monoisotopic (exact) mass is 256 g/mol. The molecule has 0 spiro atoms. The molecule has 0 saturated carbocycles. The Labute approximate surface area is 111 Å². The van der Waals surface area contributed by atoms with Crippen LogP contribution in [0.5, 0.6) is 0 Å². The second-order valence-corrected chi connectivity index (χ2v) is 5.83. The van der Waals surface area contributed by atoms with E-state index >= 15 is 0 Å². The molecule has 0 aromatic rings. The maximum absolute atomic E-state index is 11.5. The van der Waals surface area contributed by atoms with Gasteiger partial charge in [0.25, 0.3) is 0 Å². The molecule has 1 rings (SSSR count). The number of hydrogen-bond donors (Lipinski definition) is 2. The summed E-state index contributed by atoms with van der Waals surface area (Å²) in [5.41, 5.74) is 4.93. The van der Waals surface area contributed by atoms with Gasteiger partial charge >= 0.3 is 0 Å². The van der Waals surface area contributed by atoms with Crippen LogP contribution in [0.25, 0.3) is 0 Å². The fourth-order valence-electron chi connectivity index (χ4n) is 1.96. The topological polar surface area (TPSA) is 61.6 Å². The van der Waals surface area contributed by atoms with Crippen LogP contribution in [0.4, 0.5) is 0 Å². The van der Waals surface area contributed by atoms with Gasteiger partial charge in [0.05, 0.1) is 5.54 Å². The molecule has 1 aliphatic rings. The SMILES string of the molecule is CN1CCN(CCCCNC(=O)C(C)(C)N)CC1. The highest BCUT2D eigenvalue weighted by molar-refractivity contribution is 5.84. The maximum Gasteiger partial charge on any atom is 0.239 e. The van der Waals surface area contributed by atoms with E-state index in [4.69, 9.17) is 5.73 Å². The molecule has 1 heterocycles. The van der Waals surface area contributed by atoms with Crippen molar-refractivity contribution in [2.45, 2.75) is 32.2 Å². The van der Waals surface area contributed by atoms with E-state index < -0.39 is 5.54 Å². The summed E-state index contributed by atoms with van der Waals surface area (Å²) < 4.78 is 0. The summed E-state index contributed by atoms with van der Waals surface area (Å²) in [6.45, 7) is 9.98. The van der Waals surface area contributed by atoms with E-state index in [1.54, 1.807) is 13.8 Å². The molecule has 18 heavy (non-hydrogen) atoms. The molecule has 0 aliphatic carbocycles. The minimum Gasteiger partial charge on any atom is -0.355 e. The number of unbranched alkanes of at least 4 members (excludes halogenated alkanes) is 1. The molecule has 1 saturated heterocycles. The van der Waals surface area contributed by atoms with Crippen LogP contribution < -0.4 is 11.1 Å². The zero-order valence-electron chi connectivity index (χ0n) is 12.0. The largest absolute Gasteiger partial charge is 0.355 e. The van der Waals surface area contributed by atoms with Crippen LogP contribution >= 0.6 is 0 Å². The van der Waals surface area contributed by atoms with Crippen molar-refractivity contribution in [3.05, 3.63) is 0 Å². The lowest BCUT2D eigenvalue weighted by atomic mass is 10.1. The number of nitrogens with zero attached hydrogens (tertiary/aromatic N) is 2. The van der Waals surface area contributed by atoms with Gasteiger partial charge in [-0.2, -0.15) is 0 Å². The number of nitrogens with two attached hydrogens (primary N) is 1. The predicted octanol–water partition coefficient (Wildman–Crippen LogP) is -0.132. The second kappa shape index (κ2) is 7.07. The maximum atomic E-state index is 11.5. The van der Waals surface area contributed by atoms with Crippen molar-refractivity contribution in [2.75, 3.05) is 46.3 Å². The molecule has 0 aromatic carbocycles. The van der Waals surface area contributed by atoms with Gasteiger partial charge in [-0.25, -0.2) is 0 Å². The minimum atomic E-state index is -0.766. The van der Waals surface area contributed by atoms with E-state index in [2.05, 4.69) is 22.2 Å². The van der Waals surface area contributed by atoms with Gasteiger partial charge in [-0.1, -0.05) is 0 Å². The van der Waals surface area contributed by atoms with Crippen molar-refractivity contribution in [3.63, 3.8) is 0 Å². The summed E-state index contributed by atoms with van der Waals surface area (Å²) in [6.07, 6.45) is 2.16. The van der Waals surface area contributed by atoms with Gasteiger partial charge in [-0.15, -0.1) is 0 Å². The van der Waals surface area contributed by atoms with Gasteiger partial charge in [0, 0.05) is 32.7 Å². The van der Waals surface area contributed by atoms with E-state index in [0.29, 0.717) is 0 Å². The van der Waals surface area contributed by atoms with E-state index in [1.165, 1.54) is 13.1 Å². The van der Waals surface area contributed by atoms with Crippen molar-refractivity contribution in [2.24, 2.45) is 5.73 Å². The minimum absolute atomic E-state index is 0.0675. The standard InChI is InChI=1S/C13H28N4O/c1-13(2,14)12(18)15-6-4-5-7-17-10-8-16(3)9-11-17/h4-11,14H2,1-3H3,(H,15,18). The molecule has 5 nitrogen and oxygen atoms in total. The number of hydrogen-bond acceptors (Lipinski definition) is 4. The molecule has 1 aliphatic heterocycles. The lowest BCUT2D eigenvalue weighted by molar-refractivity contribution is -0.125. The van der Waals surface area contributed by atoms with Gasteiger partial charge in [0.1, 0.15) is 0 Å². The van der Waals surface area contributed by atoms with Crippen molar-refractivity contribution in [3.8, 4) is 0 Å². The summed E-state index contributed by atoms with van der Waals surface area (Å²) >= 11 is 0. The van der Waals surface area contributed by atoms with Crippen LogP contribution in [-0.4, -0.2) is 67.6 Å². The van der Waals surface area contributed by atoms with Gasteiger partial charge in [-0.3, -0.25) is 4.79 Å². The van der Waals surface area contributed by atoms with Crippen molar-refractivity contribution in [1.82, 2.24) is 15.1 Å². The van der Waals surface area contributed by atoms with Crippen LogP contribution in [0.1, 0.15) is 26.7 Å². The number of likely N-dealkylation sites (N-methyl/N-ethyl adjacent to an activating group) is 1. The molecule has 0 bridgehead atoms. The summed E-state index contributed by atoms with van der Waals surface area (Å²) in [7, 11) is 2.17. The van der Waals surface area contributed by atoms with Gasteiger partial charge in [0.2, 0.25) is 5.91 Å². The van der Waals surface area contributed by atoms with E-state index in [1.807, 2.05) is 0 Å². The fourth-order valence-corrected chi connectivity index (χ4v) is 1.96. The molecule has 0 atom stereocenters. The lowest BCUT2D eigenvalue weighted by Gasteiger charge is -2.32. The highest BCUT2D eigenvalue weighted by atomic mass is 16.2. The first-order valence-electron chi connectivity index (χ1n) is 6.87. The fraction of sp³-hybridized carbons (Fsp3) is 0.923. The van der Waals surface area contributed by atoms with Gasteiger partial charge in [0.15, 0.2) is 0 Å². The van der Waals surface area contributed by atoms with E-state index in [-0.39, 0.29) is 5.91 Å². The van der Waals surface area contributed by atoms with Crippen LogP contribution in [0.3, 0.4) is 0 Å². The third-order valence-corrected chi connectivity index (χ3v) is 3.37. The number of nitrogens with one attached hydrogen (secondary N) is 1. The second-order valence-electron chi connectivity index (χ2n) is 5.83. The van der Waals surface area contributed by atoms with E-state index in [0.717, 1.165) is 39.0 Å². The number of piperazine rings is 1. The Hall–Kier alpha value is -0.650. The summed E-state index contributed by atoms with van der Waals surface area (Å²) in [5, 5.41) is 2.88. The van der Waals surface area contributed by atoms with Crippen LogP contribution in [0.15, 0.2) is 0 Å². The molecular formula is C13H28N4O. The molecule has 3 N–H and O–H groups in total. The Morgan fingerprint density at radius 1 is 1.22 bits per heavy atom. The Kier molecular flexibility index (Phi) is 6.05. The summed E-state index contributed by atoms with van der Waals surface area (Å²) in [5.74, 6) is -0.0675. The molecule has 1 fully saturated rings. The van der Waals surface area contributed by atoms with Crippen LogP contribution in [-0.2, 0) is 4.79 Å².